The molecule has 3 heteroatoms. The van der Waals surface area contributed by atoms with Crippen LogP contribution in [0, 0.1) is 0 Å². The van der Waals surface area contributed by atoms with E-state index in [0.717, 1.165) is 11.4 Å². The van der Waals surface area contributed by atoms with Gasteiger partial charge in [-0.3, -0.25) is 5.01 Å². The van der Waals surface area contributed by atoms with E-state index in [9.17, 15) is 0 Å². The van der Waals surface area contributed by atoms with Gasteiger partial charge >= 0.3 is 0 Å². The van der Waals surface area contributed by atoms with Gasteiger partial charge < -0.3 is 5.32 Å². The molecule has 0 bridgehead atoms. The van der Waals surface area contributed by atoms with E-state index in [2.05, 4.69) is 17.0 Å². The molecule has 0 aromatic heterocycles. The van der Waals surface area contributed by atoms with Crippen LogP contribution in [0.1, 0.15) is 13.8 Å². The number of hydrazone groups is 1. The van der Waals surface area contributed by atoms with Crippen LogP contribution in [-0.2, 0) is 0 Å². The molecule has 0 spiro atoms. The number of nitrogens with zero attached hydrogens (tertiary/aromatic N) is 2. The first-order chi connectivity index (χ1) is 5.57. The molecule has 0 unspecified atom stereocenters. The molecule has 0 aromatic rings. The van der Waals surface area contributed by atoms with Gasteiger partial charge in [-0.05, 0) is 26.1 Å². The van der Waals surface area contributed by atoms with Crippen LogP contribution in [0.2, 0.25) is 0 Å². The maximum atomic E-state index is 4.20. The standard InChI is InChI=1S/C9H17N3/c1-8(2)11-12(5)9(3)6-7-10-4/h6-7,10H,3H2,1-2,4-5H3/b7-6+. The minimum Gasteiger partial charge on any atom is -0.394 e. The van der Waals surface area contributed by atoms with E-state index in [-0.39, 0.29) is 0 Å². The molecule has 68 valence electrons. The first kappa shape index (κ1) is 10.8. The molecule has 0 saturated carbocycles. The Bertz CT molecular complexity index is 200. The highest BCUT2D eigenvalue weighted by molar-refractivity contribution is 5.78. The van der Waals surface area contributed by atoms with Gasteiger partial charge in [0.1, 0.15) is 0 Å². The van der Waals surface area contributed by atoms with Gasteiger partial charge in [-0.15, -0.1) is 0 Å². The van der Waals surface area contributed by atoms with Crippen LogP contribution in [0.25, 0.3) is 0 Å². The fourth-order valence-corrected chi connectivity index (χ4v) is 0.652. The molecule has 0 saturated heterocycles. The second kappa shape index (κ2) is 5.41. The van der Waals surface area contributed by atoms with Crippen molar-refractivity contribution < 1.29 is 0 Å². The first-order valence-electron chi connectivity index (χ1n) is 3.86. The fraction of sp³-hybridized carbons (Fsp3) is 0.444. The monoisotopic (exact) mass is 167 g/mol. The van der Waals surface area contributed by atoms with Crippen molar-refractivity contribution in [3.05, 3.63) is 24.6 Å². The van der Waals surface area contributed by atoms with Crippen LogP contribution >= 0.6 is 0 Å². The predicted octanol–water partition coefficient (Wildman–Crippen LogP) is 1.56. The van der Waals surface area contributed by atoms with Crippen molar-refractivity contribution in [1.29, 1.82) is 0 Å². The Kier molecular flexibility index (Phi) is 4.84. The SMILES string of the molecule is C=C(/C=C/NC)N(C)N=C(C)C. The molecule has 0 radical (unpaired) electrons. The molecule has 0 atom stereocenters. The van der Waals surface area contributed by atoms with Gasteiger partial charge in [0.25, 0.3) is 0 Å². The van der Waals surface area contributed by atoms with E-state index < -0.39 is 0 Å². The van der Waals surface area contributed by atoms with Crippen molar-refractivity contribution in [2.24, 2.45) is 5.10 Å². The number of nitrogens with one attached hydrogen (secondary N) is 1. The lowest BCUT2D eigenvalue weighted by Gasteiger charge is -2.12. The molecule has 0 fully saturated rings. The quantitative estimate of drug-likeness (QED) is 0.391. The Morgan fingerprint density at radius 3 is 2.50 bits per heavy atom. The summed E-state index contributed by atoms with van der Waals surface area (Å²) in [6.45, 7) is 7.74. The zero-order valence-electron chi connectivity index (χ0n) is 8.26. The lowest BCUT2D eigenvalue weighted by atomic mass is 10.4. The van der Waals surface area contributed by atoms with Gasteiger partial charge in [-0.2, -0.15) is 5.10 Å². The molecule has 12 heavy (non-hydrogen) atoms. The summed E-state index contributed by atoms with van der Waals surface area (Å²) in [5.41, 5.74) is 1.86. The Morgan fingerprint density at radius 1 is 1.50 bits per heavy atom. The molecule has 0 aliphatic carbocycles. The molecule has 0 aliphatic rings. The van der Waals surface area contributed by atoms with Gasteiger partial charge in [0, 0.05) is 19.8 Å². The summed E-state index contributed by atoms with van der Waals surface area (Å²) < 4.78 is 0. The molecular formula is C9H17N3. The number of allylic oxidation sites excluding steroid dienone is 1. The second-order valence-electron chi connectivity index (χ2n) is 2.68. The van der Waals surface area contributed by atoms with E-state index in [4.69, 9.17) is 0 Å². The van der Waals surface area contributed by atoms with E-state index in [1.165, 1.54) is 0 Å². The van der Waals surface area contributed by atoms with Crippen LogP contribution in [0.3, 0.4) is 0 Å². The molecule has 0 heterocycles. The normalized spacial score (nSPS) is 9.67. The maximum absolute atomic E-state index is 4.20. The molecular weight excluding hydrogens is 150 g/mol. The summed E-state index contributed by atoms with van der Waals surface area (Å²) in [7, 11) is 3.72. The molecule has 0 aromatic carbocycles. The molecule has 1 N–H and O–H groups in total. The van der Waals surface area contributed by atoms with Crippen molar-refractivity contribution in [3.63, 3.8) is 0 Å². The zero-order chi connectivity index (χ0) is 9.56. The topological polar surface area (TPSA) is 27.6 Å². The Morgan fingerprint density at radius 2 is 2.08 bits per heavy atom. The van der Waals surface area contributed by atoms with E-state index in [0.29, 0.717) is 0 Å². The van der Waals surface area contributed by atoms with Gasteiger partial charge in [0.2, 0.25) is 0 Å². The third-order valence-electron chi connectivity index (χ3n) is 1.21. The van der Waals surface area contributed by atoms with Crippen molar-refractivity contribution >= 4 is 5.71 Å². The number of hydrogen-bond acceptors (Lipinski definition) is 3. The highest BCUT2D eigenvalue weighted by Gasteiger charge is 1.93. The zero-order valence-corrected chi connectivity index (χ0v) is 8.26. The van der Waals surface area contributed by atoms with Crippen LogP contribution < -0.4 is 5.32 Å². The van der Waals surface area contributed by atoms with Crippen LogP contribution in [0.4, 0.5) is 0 Å². The Hall–Kier alpha value is -1.25. The Balaban J connectivity index is 4.11. The minimum absolute atomic E-state index is 0.852. The summed E-state index contributed by atoms with van der Waals surface area (Å²) in [5, 5.41) is 8.83. The average Bonchev–Trinajstić information content (AvgIpc) is 1.98. The molecule has 0 rings (SSSR count). The maximum Gasteiger partial charge on any atom is 0.0533 e. The third-order valence-corrected chi connectivity index (χ3v) is 1.21. The molecule has 0 aliphatic heterocycles. The molecule has 0 amide bonds. The fourth-order valence-electron chi connectivity index (χ4n) is 0.652. The first-order valence-corrected chi connectivity index (χ1v) is 3.86. The summed E-state index contributed by atoms with van der Waals surface area (Å²) in [4.78, 5) is 0. The van der Waals surface area contributed by atoms with E-state index in [1.54, 1.807) is 5.01 Å². The van der Waals surface area contributed by atoms with Crippen LogP contribution in [0.5, 0.6) is 0 Å². The number of rotatable bonds is 4. The van der Waals surface area contributed by atoms with Gasteiger partial charge in [-0.1, -0.05) is 6.58 Å². The van der Waals surface area contributed by atoms with Crippen LogP contribution in [-0.4, -0.2) is 24.8 Å². The summed E-state index contributed by atoms with van der Waals surface area (Å²) >= 11 is 0. The smallest absolute Gasteiger partial charge is 0.0533 e. The number of likely N-dealkylation sites (N-methyl/N-ethyl adjacent to an activating group) is 1. The van der Waals surface area contributed by atoms with E-state index in [1.807, 2.05) is 40.2 Å². The largest absolute Gasteiger partial charge is 0.394 e. The van der Waals surface area contributed by atoms with Gasteiger partial charge in [-0.25, -0.2) is 0 Å². The molecule has 3 nitrogen and oxygen atoms in total. The second-order valence-corrected chi connectivity index (χ2v) is 2.68. The lowest BCUT2D eigenvalue weighted by molar-refractivity contribution is 0.462. The van der Waals surface area contributed by atoms with Crippen molar-refractivity contribution in [2.75, 3.05) is 14.1 Å². The Labute approximate surface area is 74.5 Å². The minimum atomic E-state index is 0.852. The third kappa shape index (κ3) is 4.55. The van der Waals surface area contributed by atoms with Gasteiger partial charge in [0.05, 0.1) is 5.70 Å². The average molecular weight is 167 g/mol. The summed E-state index contributed by atoms with van der Waals surface area (Å²) in [5.74, 6) is 0. The predicted molar refractivity (Wildman–Crippen MR) is 53.9 cm³/mol. The lowest BCUT2D eigenvalue weighted by Crippen LogP contribution is -2.10. The van der Waals surface area contributed by atoms with Crippen LogP contribution in [0.15, 0.2) is 29.7 Å². The van der Waals surface area contributed by atoms with Crippen molar-refractivity contribution in [2.45, 2.75) is 13.8 Å². The van der Waals surface area contributed by atoms with Crippen molar-refractivity contribution in [1.82, 2.24) is 10.3 Å². The summed E-state index contributed by atoms with van der Waals surface area (Å²) in [6, 6.07) is 0. The van der Waals surface area contributed by atoms with E-state index >= 15 is 0 Å². The number of hydrogen-bond donors (Lipinski definition) is 1. The van der Waals surface area contributed by atoms with Gasteiger partial charge in [0.15, 0.2) is 0 Å². The van der Waals surface area contributed by atoms with Crippen molar-refractivity contribution in [3.8, 4) is 0 Å². The highest BCUT2D eigenvalue weighted by Crippen LogP contribution is 2.00. The highest BCUT2D eigenvalue weighted by atomic mass is 15.4. The summed E-state index contributed by atoms with van der Waals surface area (Å²) in [6.07, 6.45) is 3.69.